The summed E-state index contributed by atoms with van der Waals surface area (Å²) in [6, 6.07) is 1.15. The Hall–Kier alpha value is -0.965. The van der Waals surface area contributed by atoms with Gasteiger partial charge in [0.1, 0.15) is 19.5 Å². The predicted molar refractivity (Wildman–Crippen MR) is 62.2 cm³/mol. The zero-order valence-corrected chi connectivity index (χ0v) is 9.33. The molecule has 0 aliphatic carbocycles. The van der Waals surface area contributed by atoms with Crippen molar-refractivity contribution in [1.29, 1.82) is 0 Å². The molecule has 2 rings (SSSR count). The zero-order chi connectivity index (χ0) is 11.6. The van der Waals surface area contributed by atoms with Crippen molar-refractivity contribution < 1.29 is 8.78 Å². The molecule has 5 heteroatoms. The van der Waals surface area contributed by atoms with Gasteiger partial charge in [-0.15, -0.1) is 12.6 Å². The Kier molecular flexibility index (Phi) is 3.80. The minimum absolute atomic E-state index is 0.224. The summed E-state index contributed by atoms with van der Waals surface area (Å²) < 4.78 is 26.2. The van der Waals surface area contributed by atoms with Crippen LogP contribution in [0.3, 0.4) is 0 Å². The third-order valence-electron chi connectivity index (χ3n) is 1.87. The number of thiol groups is 1. The molecule has 0 saturated heterocycles. The van der Waals surface area contributed by atoms with Gasteiger partial charge in [-0.1, -0.05) is 13.8 Å². The van der Waals surface area contributed by atoms with E-state index in [4.69, 9.17) is 7.85 Å². The highest BCUT2D eigenvalue weighted by Crippen LogP contribution is 2.23. The molecule has 0 atom stereocenters. The van der Waals surface area contributed by atoms with E-state index in [-0.39, 0.29) is 5.39 Å². The second kappa shape index (κ2) is 4.70. The molecule has 1 heterocycles. The fourth-order valence-electron chi connectivity index (χ4n) is 1.22. The molecular formula is C10H10BF2NS. The number of halogens is 2. The van der Waals surface area contributed by atoms with Gasteiger partial charge in [0.2, 0.25) is 0 Å². The predicted octanol–water partition coefficient (Wildman–Crippen LogP) is 2.55. The monoisotopic (exact) mass is 225 g/mol. The number of hydrogen-bond donors (Lipinski definition) is 2. The van der Waals surface area contributed by atoms with Crippen LogP contribution in [0, 0.1) is 11.6 Å². The lowest BCUT2D eigenvalue weighted by molar-refractivity contribution is 0.605. The Labute approximate surface area is 93.7 Å². The highest BCUT2D eigenvalue weighted by atomic mass is 32.1. The molecule has 0 spiro atoms. The van der Waals surface area contributed by atoms with Crippen molar-refractivity contribution in [2.75, 3.05) is 0 Å². The van der Waals surface area contributed by atoms with Crippen molar-refractivity contribution >= 4 is 36.8 Å². The number of fused-ring (bicyclic) bond motifs is 1. The standard InChI is InChI=1S/C8H4BF2NS.C2H6/c9-7-3(10)1-4-6(8(7)11)5(13)2-12-4;1-2/h1-2,12-13H;1-2H3. The molecule has 0 unspecified atom stereocenters. The number of nitrogens with one attached hydrogen (secondary N) is 1. The number of rotatable bonds is 0. The first-order chi connectivity index (χ1) is 7.11. The summed E-state index contributed by atoms with van der Waals surface area (Å²) in [6.45, 7) is 4.00. The Morgan fingerprint density at radius 3 is 2.53 bits per heavy atom. The van der Waals surface area contributed by atoms with E-state index in [1.165, 1.54) is 6.20 Å². The van der Waals surface area contributed by atoms with E-state index >= 15 is 0 Å². The van der Waals surface area contributed by atoms with E-state index in [9.17, 15) is 8.78 Å². The average molecular weight is 225 g/mol. The van der Waals surface area contributed by atoms with Gasteiger partial charge in [0.15, 0.2) is 0 Å². The van der Waals surface area contributed by atoms with E-state index in [2.05, 4.69) is 17.6 Å². The Bertz CT molecular complexity index is 482. The van der Waals surface area contributed by atoms with Crippen molar-refractivity contribution in [3.63, 3.8) is 0 Å². The first-order valence-electron chi connectivity index (χ1n) is 4.54. The van der Waals surface area contributed by atoms with Crippen LogP contribution in [0.5, 0.6) is 0 Å². The van der Waals surface area contributed by atoms with Gasteiger partial charge in [0.25, 0.3) is 0 Å². The van der Waals surface area contributed by atoms with Crippen LogP contribution >= 0.6 is 12.6 Å². The highest BCUT2D eigenvalue weighted by molar-refractivity contribution is 7.80. The normalized spacial score (nSPS) is 9.93. The highest BCUT2D eigenvalue weighted by Gasteiger charge is 2.12. The summed E-state index contributed by atoms with van der Waals surface area (Å²) in [4.78, 5) is 3.10. The maximum absolute atomic E-state index is 13.3. The molecule has 1 aromatic heterocycles. The smallest absolute Gasteiger partial charge is 0.129 e. The van der Waals surface area contributed by atoms with E-state index in [0.717, 1.165) is 6.07 Å². The molecule has 1 aromatic carbocycles. The second-order valence-electron chi connectivity index (χ2n) is 2.68. The van der Waals surface area contributed by atoms with Gasteiger partial charge in [-0.05, 0) is 11.5 Å². The summed E-state index contributed by atoms with van der Waals surface area (Å²) in [5.74, 6) is -1.53. The summed E-state index contributed by atoms with van der Waals surface area (Å²) in [5, 5.41) is 0.224. The molecule has 1 nitrogen and oxygen atoms in total. The van der Waals surface area contributed by atoms with Crippen molar-refractivity contribution in [3.05, 3.63) is 23.9 Å². The third kappa shape index (κ3) is 2.02. The lowest BCUT2D eigenvalue weighted by Crippen LogP contribution is -2.13. The van der Waals surface area contributed by atoms with Crippen molar-refractivity contribution in [2.45, 2.75) is 18.7 Å². The van der Waals surface area contributed by atoms with Gasteiger partial charge in [-0.3, -0.25) is 0 Å². The lowest BCUT2D eigenvalue weighted by Gasteiger charge is -2.00. The maximum atomic E-state index is 13.3. The first-order valence-corrected chi connectivity index (χ1v) is 4.99. The number of benzene rings is 1. The molecule has 0 fully saturated rings. The van der Waals surface area contributed by atoms with E-state index in [0.29, 0.717) is 10.4 Å². The van der Waals surface area contributed by atoms with Crippen LogP contribution in [0.15, 0.2) is 17.2 Å². The molecule has 0 aliphatic heterocycles. The van der Waals surface area contributed by atoms with Crippen LogP contribution in [0.1, 0.15) is 13.8 Å². The van der Waals surface area contributed by atoms with E-state index < -0.39 is 17.1 Å². The van der Waals surface area contributed by atoms with Gasteiger partial charge in [-0.2, -0.15) is 0 Å². The Morgan fingerprint density at radius 1 is 1.33 bits per heavy atom. The molecule has 0 bridgehead atoms. The van der Waals surface area contributed by atoms with Crippen molar-refractivity contribution in [2.24, 2.45) is 0 Å². The van der Waals surface area contributed by atoms with E-state index in [1.54, 1.807) is 0 Å². The minimum atomic E-state index is -0.764. The van der Waals surface area contributed by atoms with Crippen molar-refractivity contribution in [1.82, 2.24) is 4.98 Å². The van der Waals surface area contributed by atoms with Gasteiger partial charge in [-0.25, -0.2) is 8.78 Å². The van der Waals surface area contributed by atoms with E-state index in [1.807, 2.05) is 13.8 Å². The van der Waals surface area contributed by atoms with Gasteiger partial charge < -0.3 is 4.98 Å². The molecule has 78 valence electrons. The van der Waals surface area contributed by atoms with Crippen LogP contribution in [-0.2, 0) is 0 Å². The van der Waals surface area contributed by atoms with Gasteiger partial charge in [0, 0.05) is 16.5 Å². The lowest BCUT2D eigenvalue weighted by atomic mass is 9.93. The summed E-state index contributed by atoms with van der Waals surface area (Å²) >= 11 is 4.00. The Morgan fingerprint density at radius 2 is 1.93 bits per heavy atom. The van der Waals surface area contributed by atoms with Gasteiger partial charge in [0.05, 0.1) is 5.52 Å². The minimum Gasteiger partial charge on any atom is -0.360 e. The molecule has 15 heavy (non-hydrogen) atoms. The molecule has 0 aliphatic rings. The van der Waals surface area contributed by atoms with Crippen molar-refractivity contribution in [3.8, 4) is 0 Å². The van der Waals surface area contributed by atoms with Crippen LogP contribution in [0.2, 0.25) is 0 Å². The largest absolute Gasteiger partial charge is 0.360 e. The van der Waals surface area contributed by atoms with Crippen LogP contribution in [0.4, 0.5) is 8.78 Å². The quantitative estimate of drug-likeness (QED) is 0.506. The molecular weight excluding hydrogens is 215 g/mol. The second-order valence-corrected chi connectivity index (χ2v) is 3.16. The molecule has 0 saturated carbocycles. The van der Waals surface area contributed by atoms with Crippen LogP contribution in [0.25, 0.3) is 10.9 Å². The molecule has 0 amide bonds. The molecule has 2 aromatic rings. The number of hydrogen-bond acceptors (Lipinski definition) is 1. The van der Waals surface area contributed by atoms with Crippen LogP contribution in [-0.4, -0.2) is 12.8 Å². The SMILES string of the molecule is CC.[B]c1c(F)cc2[nH]cc(S)c2c1F. The number of aromatic amines is 1. The van der Waals surface area contributed by atoms with Crippen LogP contribution < -0.4 is 5.46 Å². The fourth-order valence-corrected chi connectivity index (χ4v) is 1.50. The molecule has 2 radical (unpaired) electrons. The average Bonchev–Trinajstić information content (AvgIpc) is 2.60. The summed E-state index contributed by atoms with van der Waals surface area (Å²) in [7, 11) is 5.18. The first kappa shape index (κ1) is 12.1. The zero-order valence-electron chi connectivity index (χ0n) is 8.44. The topological polar surface area (TPSA) is 15.8 Å². The third-order valence-corrected chi connectivity index (χ3v) is 2.23. The number of H-pyrrole nitrogens is 1. The molecule has 1 N–H and O–H groups in total. The van der Waals surface area contributed by atoms with Gasteiger partial charge >= 0.3 is 0 Å². The maximum Gasteiger partial charge on any atom is 0.129 e. The summed E-state index contributed by atoms with van der Waals surface area (Å²) in [5.41, 5.74) is -0.114. The fraction of sp³-hybridized carbons (Fsp3) is 0.200. The summed E-state index contributed by atoms with van der Waals surface area (Å²) in [6.07, 6.45) is 1.48. The Balaban J connectivity index is 0.000000531. The number of aromatic nitrogens is 1.